The molecule has 8 nitrogen and oxygen atoms in total. The number of nitrogens with one attached hydrogen (secondary N) is 1. The van der Waals surface area contributed by atoms with Crippen molar-refractivity contribution in [2.45, 2.75) is 22.4 Å². The Bertz CT molecular complexity index is 1560. The number of hydrogen-bond donors (Lipinski definition) is 1. The first-order valence-electron chi connectivity index (χ1n) is 9.93. The van der Waals surface area contributed by atoms with Gasteiger partial charge in [0.1, 0.15) is 17.6 Å². The van der Waals surface area contributed by atoms with Crippen LogP contribution in [-0.2, 0) is 37.3 Å². The Morgan fingerprint density at radius 2 is 1.64 bits per heavy atom. The largest absolute Gasteiger partial charge is 0.456 e. The van der Waals surface area contributed by atoms with E-state index in [4.69, 9.17) is 4.74 Å². The van der Waals surface area contributed by atoms with Crippen molar-refractivity contribution in [1.29, 1.82) is 5.26 Å². The molecule has 0 fully saturated rings. The number of rotatable bonds is 7. The van der Waals surface area contributed by atoms with Crippen LogP contribution in [0.1, 0.15) is 16.7 Å². The van der Waals surface area contributed by atoms with E-state index in [1.165, 1.54) is 24.3 Å². The molecule has 3 aromatic carbocycles. The molecule has 188 valence electrons. The zero-order valence-corrected chi connectivity index (χ0v) is 20.0. The van der Waals surface area contributed by atoms with Crippen LogP contribution in [0.5, 0.6) is 11.5 Å². The van der Waals surface area contributed by atoms with E-state index in [0.717, 1.165) is 30.5 Å². The molecule has 0 unspecified atom stereocenters. The summed E-state index contributed by atoms with van der Waals surface area (Å²) in [6.07, 6.45) is -4.81. The third-order valence-corrected chi connectivity index (χ3v) is 6.99. The number of carbonyl (C=O) groups is 1. The minimum absolute atomic E-state index is 0.0163. The lowest BCUT2D eigenvalue weighted by Gasteiger charge is -2.14. The predicted molar refractivity (Wildman–Crippen MR) is 121 cm³/mol. The monoisotopic (exact) mass is 538 g/mol. The maximum absolute atomic E-state index is 13.4. The molecule has 0 aliphatic rings. The number of sulfone groups is 1. The normalized spacial score (nSPS) is 12.0. The zero-order valence-electron chi connectivity index (χ0n) is 18.4. The van der Waals surface area contributed by atoms with E-state index in [-0.39, 0.29) is 26.7 Å². The van der Waals surface area contributed by atoms with Gasteiger partial charge in [-0.25, -0.2) is 16.8 Å². The van der Waals surface area contributed by atoms with Crippen LogP contribution in [0.4, 0.5) is 13.2 Å². The van der Waals surface area contributed by atoms with Gasteiger partial charge in [-0.2, -0.15) is 18.4 Å². The number of hydrogen-bond acceptors (Lipinski definition) is 7. The smallest absolute Gasteiger partial charge is 0.416 e. The Morgan fingerprint density at radius 3 is 2.22 bits per heavy atom. The minimum atomic E-state index is -4.83. The zero-order chi connectivity index (χ0) is 26.7. The molecule has 0 radical (unpaired) electrons. The van der Waals surface area contributed by atoms with Crippen LogP contribution in [0.2, 0.25) is 0 Å². The Morgan fingerprint density at radius 1 is 0.972 bits per heavy atom. The van der Waals surface area contributed by atoms with Crippen LogP contribution in [0, 0.1) is 11.3 Å². The third kappa shape index (κ3) is 6.61. The highest BCUT2D eigenvalue weighted by Crippen LogP contribution is 2.35. The number of alkyl halides is 3. The molecule has 0 aromatic heterocycles. The molecule has 1 N–H and O–H groups in total. The van der Waals surface area contributed by atoms with Crippen LogP contribution in [0.15, 0.2) is 76.5 Å². The van der Waals surface area contributed by atoms with Crippen molar-refractivity contribution in [2.75, 3.05) is 6.26 Å². The Labute approximate surface area is 204 Å². The number of halogens is 3. The second-order valence-corrected chi connectivity index (χ2v) is 11.2. The summed E-state index contributed by atoms with van der Waals surface area (Å²) in [5.41, 5.74) is -1.65. The van der Waals surface area contributed by atoms with Crippen LogP contribution in [0.25, 0.3) is 0 Å². The summed E-state index contributed by atoms with van der Waals surface area (Å²) in [5.74, 6) is -1.69. The van der Waals surface area contributed by atoms with Crippen molar-refractivity contribution in [1.82, 2.24) is 4.72 Å². The molecule has 1 amide bonds. The van der Waals surface area contributed by atoms with Crippen LogP contribution >= 0.6 is 0 Å². The second-order valence-electron chi connectivity index (χ2n) is 7.53. The summed E-state index contributed by atoms with van der Waals surface area (Å²) >= 11 is 0. The van der Waals surface area contributed by atoms with Gasteiger partial charge in [0, 0.05) is 0 Å². The summed E-state index contributed by atoms with van der Waals surface area (Å²) in [7, 11) is -7.90. The van der Waals surface area contributed by atoms with E-state index in [9.17, 15) is 40.1 Å². The molecule has 0 aliphatic heterocycles. The molecule has 3 aromatic rings. The molecule has 0 saturated carbocycles. The Balaban J connectivity index is 1.98. The predicted octanol–water partition coefficient (Wildman–Crippen LogP) is 3.82. The first kappa shape index (κ1) is 26.7. The van der Waals surface area contributed by atoms with Gasteiger partial charge in [0.25, 0.3) is 0 Å². The van der Waals surface area contributed by atoms with E-state index in [1.54, 1.807) is 16.9 Å². The van der Waals surface area contributed by atoms with E-state index < -0.39 is 49.7 Å². The number of amides is 1. The van der Waals surface area contributed by atoms with Gasteiger partial charge in [0.15, 0.2) is 0 Å². The third-order valence-electron chi connectivity index (χ3n) is 4.62. The molecule has 0 saturated heterocycles. The lowest BCUT2D eigenvalue weighted by molar-refractivity contribution is -0.137. The molecule has 3 rings (SSSR count). The first-order chi connectivity index (χ1) is 16.7. The Kier molecular flexibility index (Phi) is 7.42. The van der Waals surface area contributed by atoms with Gasteiger partial charge >= 0.3 is 6.18 Å². The van der Waals surface area contributed by atoms with E-state index in [2.05, 4.69) is 0 Å². The summed E-state index contributed by atoms with van der Waals surface area (Å²) in [5, 5.41) is 9.51. The highest BCUT2D eigenvalue weighted by molar-refractivity contribution is 7.91. The Hall–Kier alpha value is -3.89. The molecule has 36 heavy (non-hydrogen) atoms. The van der Waals surface area contributed by atoms with Crippen molar-refractivity contribution in [3.63, 3.8) is 0 Å². The summed E-state index contributed by atoms with van der Waals surface area (Å²) in [6.45, 7) is 0. The first-order valence-corrected chi connectivity index (χ1v) is 13.3. The minimum Gasteiger partial charge on any atom is -0.456 e. The molecule has 0 spiro atoms. The fourth-order valence-electron chi connectivity index (χ4n) is 3.13. The van der Waals surface area contributed by atoms with Gasteiger partial charge in [0.05, 0.1) is 33.6 Å². The van der Waals surface area contributed by atoms with Gasteiger partial charge in [0.2, 0.25) is 25.8 Å². The molecule has 0 aliphatic carbocycles. The number of carbonyl (C=O) groups excluding carboxylic acids is 1. The van der Waals surface area contributed by atoms with Crippen molar-refractivity contribution in [3.8, 4) is 17.6 Å². The fraction of sp³-hybridized carbons (Fsp3) is 0.130. The van der Waals surface area contributed by atoms with Crippen molar-refractivity contribution in [3.05, 3.63) is 83.4 Å². The van der Waals surface area contributed by atoms with E-state index in [1.807, 2.05) is 0 Å². The average molecular weight is 539 g/mol. The van der Waals surface area contributed by atoms with Gasteiger partial charge in [-0.15, -0.1) is 0 Å². The standard InChI is InChI=1S/C23H17F3N2O6S2/c1-35(30,31)28-22(29)11-15-9-17(23(24,25)26)13-18(10-15)34-21-8-7-20(12-16(21)14-27)36(32,33)19-5-3-2-4-6-19/h2-10,12-13H,11H2,1H3,(H,28,29). The van der Waals surface area contributed by atoms with E-state index in [0.29, 0.717) is 12.1 Å². The van der Waals surface area contributed by atoms with Crippen LogP contribution in [-0.4, -0.2) is 29.0 Å². The number of benzene rings is 3. The fourth-order valence-corrected chi connectivity index (χ4v) is 4.92. The molecule has 13 heteroatoms. The van der Waals surface area contributed by atoms with Gasteiger partial charge in [-0.05, 0) is 54.1 Å². The highest BCUT2D eigenvalue weighted by atomic mass is 32.2. The lowest BCUT2D eigenvalue weighted by Crippen LogP contribution is -2.30. The van der Waals surface area contributed by atoms with Gasteiger partial charge in [-0.1, -0.05) is 18.2 Å². The molecule has 0 bridgehead atoms. The lowest BCUT2D eigenvalue weighted by atomic mass is 10.1. The molecular formula is C23H17F3N2O6S2. The number of sulfonamides is 1. The maximum Gasteiger partial charge on any atom is 0.416 e. The maximum atomic E-state index is 13.4. The van der Waals surface area contributed by atoms with E-state index >= 15 is 0 Å². The van der Waals surface area contributed by atoms with Gasteiger partial charge < -0.3 is 4.74 Å². The average Bonchev–Trinajstić information content (AvgIpc) is 2.77. The van der Waals surface area contributed by atoms with Crippen LogP contribution < -0.4 is 9.46 Å². The summed E-state index contributed by atoms with van der Waals surface area (Å²) in [4.78, 5) is 11.7. The molecular weight excluding hydrogens is 521 g/mol. The second kappa shape index (κ2) is 10.00. The summed E-state index contributed by atoms with van der Waals surface area (Å²) < 4.78 is 95.4. The van der Waals surface area contributed by atoms with Crippen molar-refractivity contribution >= 4 is 25.8 Å². The molecule has 0 atom stereocenters. The quantitative estimate of drug-likeness (QED) is 0.484. The number of ether oxygens (including phenoxy) is 1. The highest BCUT2D eigenvalue weighted by Gasteiger charge is 2.32. The van der Waals surface area contributed by atoms with Crippen LogP contribution in [0.3, 0.4) is 0 Å². The number of nitrogens with zero attached hydrogens (tertiary/aromatic N) is 1. The van der Waals surface area contributed by atoms with Gasteiger partial charge in [-0.3, -0.25) is 9.52 Å². The number of nitriles is 1. The van der Waals surface area contributed by atoms with Crippen molar-refractivity contribution in [2.24, 2.45) is 0 Å². The molecule has 0 heterocycles. The van der Waals surface area contributed by atoms with Crippen molar-refractivity contribution < 1.29 is 39.5 Å². The SMILES string of the molecule is CS(=O)(=O)NC(=O)Cc1cc(Oc2ccc(S(=O)(=O)c3ccccc3)cc2C#N)cc(C(F)(F)F)c1. The topological polar surface area (TPSA) is 130 Å². The summed E-state index contributed by atoms with van der Waals surface area (Å²) in [6, 6.07) is 14.9.